The molecule has 28 heavy (non-hydrogen) atoms. The molecular formula is C23H31N3O2. The molecule has 2 aromatic rings. The van der Waals surface area contributed by atoms with E-state index in [2.05, 4.69) is 46.7 Å². The summed E-state index contributed by atoms with van der Waals surface area (Å²) >= 11 is 0. The van der Waals surface area contributed by atoms with Gasteiger partial charge in [0, 0.05) is 37.4 Å². The number of carbonyl (C=O) groups is 1. The van der Waals surface area contributed by atoms with Gasteiger partial charge < -0.3 is 15.4 Å². The van der Waals surface area contributed by atoms with Gasteiger partial charge in [0.15, 0.2) is 0 Å². The maximum absolute atomic E-state index is 12.5. The monoisotopic (exact) mass is 381 g/mol. The van der Waals surface area contributed by atoms with Crippen molar-refractivity contribution < 1.29 is 9.53 Å². The second-order valence-electron chi connectivity index (χ2n) is 7.13. The van der Waals surface area contributed by atoms with Crippen molar-refractivity contribution in [2.24, 2.45) is 0 Å². The summed E-state index contributed by atoms with van der Waals surface area (Å²) in [7, 11) is 0. The van der Waals surface area contributed by atoms with Gasteiger partial charge >= 0.3 is 0 Å². The first kappa shape index (κ1) is 20.4. The molecule has 0 aliphatic carbocycles. The molecule has 5 heteroatoms. The van der Waals surface area contributed by atoms with Crippen molar-refractivity contribution in [3.05, 3.63) is 65.2 Å². The van der Waals surface area contributed by atoms with Crippen LogP contribution in [0.3, 0.4) is 0 Å². The molecule has 1 fully saturated rings. The molecule has 1 aliphatic heterocycles. The highest BCUT2D eigenvalue weighted by molar-refractivity contribution is 5.94. The number of aryl methyl sites for hydroxylation is 1. The number of nitrogens with zero attached hydrogens (tertiary/aromatic N) is 1. The van der Waals surface area contributed by atoms with Crippen LogP contribution in [-0.4, -0.2) is 50.2 Å². The molecule has 5 nitrogen and oxygen atoms in total. The Bertz CT molecular complexity index is 757. The predicted molar refractivity (Wildman–Crippen MR) is 114 cm³/mol. The molecule has 0 bridgehead atoms. The summed E-state index contributed by atoms with van der Waals surface area (Å²) in [5, 5.41) is 6.53. The fourth-order valence-corrected chi connectivity index (χ4v) is 3.45. The second-order valence-corrected chi connectivity index (χ2v) is 7.13. The Labute approximate surface area is 168 Å². The molecule has 1 aliphatic rings. The van der Waals surface area contributed by atoms with Gasteiger partial charge in [0.05, 0.1) is 13.2 Å². The van der Waals surface area contributed by atoms with Gasteiger partial charge in [0.1, 0.15) is 0 Å². The number of benzene rings is 2. The van der Waals surface area contributed by atoms with Crippen molar-refractivity contribution in [2.75, 3.05) is 44.7 Å². The van der Waals surface area contributed by atoms with E-state index in [9.17, 15) is 4.79 Å². The van der Waals surface area contributed by atoms with Gasteiger partial charge in [0.2, 0.25) is 0 Å². The van der Waals surface area contributed by atoms with E-state index in [1.165, 1.54) is 5.56 Å². The third-order valence-electron chi connectivity index (χ3n) is 5.11. The number of morpholine rings is 1. The van der Waals surface area contributed by atoms with Crippen molar-refractivity contribution in [1.82, 2.24) is 10.2 Å². The summed E-state index contributed by atoms with van der Waals surface area (Å²) in [5.74, 6) is -0.00205. The van der Waals surface area contributed by atoms with Crippen LogP contribution in [0.5, 0.6) is 0 Å². The number of carbonyl (C=O) groups excluding carboxylic acids is 1. The van der Waals surface area contributed by atoms with Crippen molar-refractivity contribution in [3.63, 3.8) is 0 Å². The Morgan fingerprint density at radius 2 is 1.93 bits per heavy atom. The van der Waals surface area contributed by atoms with Crippen LogP contribution in [0.2, 0.25) is 0 Å². The summed E-state index contributed by atoms with van der Waals surface area (Å²) in [6, 6.07) is 16.2. The number of para-hydroxylation sites is 1. The minimum atomic E-state index is -0.00205. The first-order chi connectivity index (χ1) is 13.8. The predicted octanol–water partition coefficient (Wildman–Crippen LogP) is 3.31. The molecular weight excluding hydrogens is 350 g/mol. The van der Waals surface area contributed by atoms with E-state index in [1.54, 1.807) is 0 Å². The Balaban J connectivity index is 1.46. The average molecular weight is 382 g/mol. The standard InChI is InChI=1S/C23H31N3O2/c1-2-20-8-3-4-10-22(20)25-18-19-7-5-9-21(17-19)23(27)24-11-6-12-26-13-15-28-16-14-26/h3-5,7-10,17,25H,2,6,11-16,18H2,1H3,(H,24,27). The Hall–Kier alpha value is -2.37. The van der Waals surface area contributed by atoms with E-state index in [4.69, 9.17) is 4.74 Å². The lowest BCUT2D eigenvalue weighted by molar-refractivity contribution is 0.0374. The number of hydrogen-bond donors (Lipinski definition) is 2. The third-order valence-corrected chi connectivity index (χ3v) is 5.11. The van der Waals surface area contributed by atoms with Crippen molar-refractivity contribution >= 4 is 11.6 Å². The molecule has 0 spiro atoms. The zero-order chi connectivity index (χ0) is 19.6. The van der Waals surface area contributed by atoms with Crippen molar-refractivity contribution in [3.8, 4) is 0 Å². The molecule has 0 radical (unpaired) electrons. The van der Waals surface area contributed by atoms with Crippen LogP contribution < -0.4 is 10.6 Å². The average Bonchev–Trinajstić information content (AvgIpc) is 2.76. The molecule has 2 N–H and O–H groups in total. The molecule has 0 unspecified atom stereocenters. The summed E-state index contributed by atoms with van der Waals surface area (Å²) in [5.41, 5.74) is 4.28. The summed E-state index contributed by atoms with van der Waals surface area (Å²) in [6.45, 7) is 8.17. The maximum Gasteiger partial charge on any atom is 0.251 e. The van der Waals surface area contributed by atoms with E-state index >= 15 is 0 Å². The summed E-state index contributed by atoms with van der Waals surface area (Å²) in [6.07, 6.45) is 1.96. The summed E-state index contributed by atoms with van der Waals surface area (Å²) in [4.78, 5) is 14.8. The number of rotatable bonds is 9. The lowest BCUT2D eigenvalue weighted by Gasteiger charge is -2.26. The highest BCUT2D eigenvalue weighted by Gasteiger charge is 2.10. The smallest absolute Gasteiger partial charge is 0.251 e. The van der Waals surface area contributed by atoms with Crippen LogP contribution in [0.4, 0.5) is 5.69 Å². The lowest BCUT2D eigenvalue weighted by atomic mass is 10.1. The van der Waals surface area contributed by atoms with Crippen LogP contribution in [0.15, 0.2) is 48.5 Å². The lowest BCUT2D eigenvalue weighted by Crippen LogP contribution is -2.38. The molecule has 0 saturated carbocycles. The second kappa shape index (κ2) is 10.8. The van der Waals surface area contributed by atoms with Crippen LogP contribution >= 0.6 is 0 Å². The quantitative estimate of drug-likeness (QED) is 0.655. The third kappa shape index (κ3) is 6.08. The zero-order valence-corrected chi connectivity index (χ0v) is 16.7. The highest BCUT2D eigenvalue weighted by atomic mass is 16.5. The molecule has 0 aromatic heterocycles. The molecule has 1 amide bonds. The topological polar surface area (TPSA) is 53.6 Å². The zero-order valence-electron chi connectivity index (χ0n) is 16.7. The van der Waals surface area contributed by atoms with Gasteiger partial charge in [-0.1, -0.05) is 37.3 Å². The van der Waals surface area contributed by atoms with Gasteiger partial charge in [0.25, 0.3) is 5.91 Å². The SMILES string of the molecule is CCc1ccccc1NCc1cccc(C(=O)NCCCN2CCOCC2)c1. The van der Waals surface area contributed by atoms with Gasteiger partial charge in [-0.25, -0.2) is 0 Å². The Morgan fingerprint density at radius 3 is 2.75 bits per heavy atom. The van der Waals surface area contributed by atoms with Crippen molar-refractivity contribution in [2.45, 2.75) is 26.3 Å². The van der Waals surface area contributed by atoms with Crippen LogP contribution in [-0.2, 0) is 17.7 Å². The number of nitrogens with one attached hydrogen (secondary N) is 2. The van der Waals surface area contributed by atoms with Gasteiger partial charge in [-0.3, -0.25) is 9.69 Å². The van der Waals surface area contributed by atoms with E-state index in [0.29, 0.717) is 13.1 Å². The summed E-state index contributed by atoms with van der Waals surface area (Å²) < 4.78 is 5.36. The Morgan fingerprint density at radius 1 is 1.11 bits per heavy atom. The van der Waals surface area contributed by atoms with Crippen LogP contribution in [0.1, 0.15) is 34.8 Å². The molecule has 0 atom stereocenters. The molecule has 1 saturated heterocycles. The molecule has 2 aromatic carbocycles. The molecule has 1 heterocycles. The first-order valence-corrected chi connectivity index (χ1v) is 10.3. The fourth-order valence-electron chi connectivity index (χ4n) is 3.45. The number of anilines is 1. The van der Waals surface area contributed by atoms with E-state index in [1.807, 2.05) is 24.3 Å². The number of ether oxygens (including phenoxy) is 1. The maximum atomic E-state index is 12.5. The number of hydrogen-bond acceptors (Lipinski definition) is 4. The van der Waals surface area contributed by atoms with E-state index < -0.39 is 0 Å². The minimum Gasteiger partial charge on any atom is -0.381 e. The van der Waals surface area contributed by atoms with Crippen LogP contribution in [0, 0.1) is 0 Å². The van der Waals surface area contributed by atoms with Gasteiger partial charge in [-0.2, -0.15) is 0 Å². The minimum absolute atomic E-state index is 0.00205. The largest absolute Gasteiger partial charge is 0.381 e. The van der Waals surface area contributed by atoms with E-state index in [0.717, 1.165) is 62.5 Å². The number of amides is 1. The molecule has 150 valence electrons. The van der Waals surface area contributed by atoms with Gasteiger partial charge in [-0.15, -0.1) is 0 Å². The van der Waals surface area contributed by atoms with Crippen molar-refractivity contribution in [1.29, 1.82) is 0 Å². The van der Waals surface area contributed by atoms with Crippen LogP contribution in [0.25, 0.3) is 0 Å². The fraction of sp³-hybridized carbons (Fsp3) is 0.435. The highest BCUT2D eigenvalue weighted by Crippen LogP contribution is 2.17. The van der Waals surface area contributed by atoms with E-state index in [-0.39, 0.29) is 5.91 Å². The normalized spacial score (nSPS) is 14.6. The van der Waals surface area contributed by atoms with Gasteiger partial charge in [-0.05, 0) is 48.7 Å². The first-order valence-electron chi connectivity index (χ1n) is 10.3. The molecule has 3 rings (SSSR count). The Kier molecular flexibility index (Phi) is 7.88.